The molecule has 0 aromatic carbocycles. The minimum atomic E-state index is -3.34. The van der Waals surface area contributed by atoms with Gasteiger partial charge in [-0.3, -0.25) is 9.58 Å². The number of rotatable bonds is 5. The highest BCUT2D eigenvalue weighted by atomic mass is 32.2. The molecule has 9 heteroatoms. The Bertz CT molecular complexity index is 613. The average molecular weight is 330 g/mol. The summed E-state index contributed by atoms with van der Waals surface area (Å²) in [4.78, 5) is 2.17. The molecule has 0 amide bonds. The summed E-state index contributed by atoms with van der Waals surface area (Å²) in [6.07, 6.45) is 1.50. The minimum absolute atomic E-state index is 0.0263. The molecule has 2 saturated heterocycles. The van der Waals surface area contributed by atoms with Crippen LogP contribution in [0.3, 0.4) is 0 Å². The first-order valence-electron chi connectivity index (χ1n) is 7.35. The van der Waals surface area contributed by atoms with Crippen molar-refractivity contribution in [3.63, 3.8) is 0 Å². The zero-order valence-corrected chi connectivity index (χ0v) is 13.6. The van der Waals surface area contributed by atoms with Crippen LogP contribution in [0.2, 0.25) is 0 Å². The van der Waals surface area contributed by atoms with Gasteiger partial charge in [0.15, 0.2) is 0 Å². The molecular formula is C13H22N4O4S. The number of likely N-dealkylation sites (N-methyl/N-ethyl adjacent to an activating group) is 1. The van der Waals surface area contributed by atoms with E-state index in [1.807, 2.05) is 20.2 Å². The van der Waals surface area contributed by atoms with Crippen molar-refractivity contribution in [2.75, 3.05) is 40.0 Å². The van der Waals surface area contributed by atoms with E-state index in [1.54, 1.807) is 10.9 Å². The summed E-state index contributed by atoms with van der Waals surface area (Å²) >= 11 is 0. The smallest absolute Gasteiger partial charge is 0.219 e. The number of aryl methyl sites for hydroxylation is 1. The Hall–Kier alpha value is -1.00. The van der Waals surface area contributed by atoms with Crippen molar-refractivity contribution >= 4 is 10.0 Å². The quantitative estimate of drug-likeness (QED) is 0.754. The summed E-state index contributed by atoms with van der Waals surface area (Å²) in [7, 11) is 0.556. The average Bonchev–Trinajstić information content (AvgIpc) is 2.80. The normalized spacial score (nSPS) is 27.7. The third kappa shape index (κ3) is 3.04. The van der Waals surface area contributed by atoms with Crippen LogP contribution >= 0.6 is 0 Å². The first kappa shape index (κ1) is 15.9. The molecule has 22 heavy (non-hydrogen) atoms. The van der Waals surface area contributed by atoms with Gasteiger partial charge in [-0.2, -0.15) is 5.10 Å². The zero-order valence-electron chi connectivity index (χ0n) is 12.8. The van der Waals surface area contributed by atoms with E-state index in [1.165, 1.54) is 0 Å². The Morgan fingerprint density at radius 1 is 1.41 bits per heavy atom. The van der Waals surface area contributed by atoms with Gasteiger partial charge in [0.1, 0.15) is 5.25 Å². The molecule has 2 fully saturated rings. The van der Waals surface area contributed by atoms with Gasteiger partial charge in [-0.25, -0.2) is 13.1 Å². The fraction of sp³-hybridized carbons (Fsp3) is 0.769. The van der Waals surface area contributed by atoms with Crippen LogP contribution in [0.1, 0.15) is 11.7 Å². The van der Waals surface area contributed by atoms with Crippen LogP contribution in [0, 0.1) is 0 Å². The van der Waals surface area contributed by atoms with Crippen molar-refractivity contribution in [1.29, 1.82) is 0 Å². The minimum Gasteiger partial charge on any atom is -0.378 e. The number of hydrogen-bond donors (Lipinski definition) is 1. The largest absolute Gasteiger partial charge is 0.378 e. The molecule has 0 aliphatic carbocycles. The lowest BCUT2D eigenvalue weighted by atomic mass is 10.0. The molecule has 0 bridgehead atoms. The molecule has 3 rings (SSSR count). The number of morpholine rings is 1. The molecule has 124 valence electrons. The van der Waals surface area contributed by atoms with Gasteiger partial charge >= 0.3 is 0 Å². The van der Waals surface area contributed by atoms with E-state index >= 15 is 0 Å². The Balaban J connectivity index is 1.71. The second-order valence-corrected chi connectivity index (χ2v) is 7.81. The lowest BCUT2D eigenvalue weighted by Crippen LogP contribution is -2.52. The van der Waals surface area contributed by atoms with Gasteiger partial charge in [-0.05, 0) is 13.1 Å². The van der Waals surface area contributed by atoms with E-state index in [9.17, 15) is 8.42 Å². The number of hydrogen-bond acceptors (Lipinski definition) is 6. The molecule has 3 heterocycles. The summed E-state index contributed by atoms with van der Waals surface area (Å²) in [6, 6.07) is 1.92. The van der Waals surface area contributed by atoms with Gasteiger partial charge < -0.3 is 9.47 Å². The molecule has 0 saturated carbocycles. The Morgan fingerprint density at radius 2 is 2.18 bits per heavy atom. The highest BCUT2D eigenvalue weighted by molar-refractivity contribution is 7.90. The Kier molecular flexibility index (Phi) is 4.51. The zero-order chi connectivity index (χ0) is 15.7. The molecule has 1 N–H and O–H groups in total. The fourth-order valence-electron chi connectivity index (χ4n) is 2.83. The molecule has 1 aromatic heterocycles. The number of sulfonamides is 1. The maximum Gasteiger partial charge on any atom is 0.219 e. The topological polar surface area (TPSA) is 85.7 Å². The molecular weight excluding hydrogens is 308 g/mol. The summed E-state index contributed by atoms with van der Waals surface area (Å²) in [6.45, 7) is 2.18. The van der Waals surface area contributed by atoms with Crippen LogP contribution in [0.5, 0.6) is 0 Å². The van der Waals surface area contributed by atoms with E-state index < -0.39 is 15.3 Å². The van der Waals surface area contributed by atoms with Crippen LogP contribution in [0.15, 0.2) is 12.3 Å². The highest BCUT2D eigenvalue weighted by Gasteiger charge is 2.37. The van der Waals surface area contributed by atoms with Crippen molar-refractivity contribution in [3.05, 3.63) is 18.0 Å². The van der Waals surface area contributed by atoms with Crippen molar-refractivity contribution in [2.24, 2.45) is 7.05 Å². The summed E-state index contributed by atoms with van der Waals surface area (Å²) in [5.41, 5.74) is 1.01. The molecule has 2 atom stereocenters. The van der Waals surface area contributed by atoms with Crippen LogP contribution < -0.4 is 4.72 Å². The van der Waals surface area contributed by atoms with Gasteiger partial charge in [-0.15, -0.1) is 0 Å². The van der Waals surface area contributed by atoms with Gasteiger partial charge in [0.05, 0.1) is 37.7 Å². The van der Waals surface area contributed by atoms with Gasteiger partial charge in [0, 0.05) is 26.3 Å². The maximum atomic E-state index is 12.1. The van der Waals surface area contributed by atoms with Gasteiger partial charge in [0.2, 0.25) is 10.0 Å². The predicted molar refractivity (Wildman–Crippen MR) is 79.8 cm³/mol. The van der Waals surface area contributed by atoms with E-state index in [0.29, 0.717) is 6.61 Å². The number of nitrogens with one attached hydrogen (secondary N) is 1. The number of ether oxygens (including phenoxy) is 2. The maximum absolute atomic E-state index is 12.1. The van der Waals surface area contributed by atoms with Crippen LogP contribution in [-0.2, 0) is 26.5 Å². The third-order valence-corrected chi connectivity index (χ3v) is 6.02. The fourth-order valence-corrected chi connectivity index (χ4v) is 4.02. The Labute approximate surface area is 130 Å². The molecule has 0 unspecified atom stereocenters. The van der Waals surface area contributed by atoms with Crippen molar-refractivity contribution in [3.8, 4) is 0 Å². The third-order valence-electron chi connectivity index (χ3n) is 4.30. The van der Waals surface area contributed by atoms with E-state index in [0.717, 1.165) is 12.2 Å². The number of aromatic nitrogens is 2. The number of nitrogens with zero attached hydrogens (tertiary/aromatic N) is 3. The second kappa shape index (κ2) is 6.25. The van der Waals surface area contributed by atoms with Crippen LogP contribution in [-0.4, -0.2) is 74.4 Å². The summed E-state index contributed by atoms with van der Waals surface area (Å²) < 4.78 is 39.5. The van der Waals surface area contributed by atoms with Crippen molar-refractivity contribution < 1.29 is 17.9 Å². The summed E-state index contributed by atoms with van der Waals surface area (Å²) in [5, 5.41) is 3.76. The van der Waals surface area contributed by atoms with E-state index in [4.69, 9.17) is 9.47 Å². The lowest BCUT2D eigenvalue weighted by molar-refractivity contribution is -0.0618. The standard InChI is InChI=1S/C13H22N4O4S/c1-16-5-6-21-12(13(16)11-3-4-14-17(11)2)7-15-22(18,19)10-8-20-9-10/h3-4,10,12-13,15H,5-9H2,1-2H3/t12-,13-/m0/s1. The first-order chi connectivity index (χ1) is 10.5. The predicted octanol–water partition coefficient (Wildman–Crippen LogP) is -0.890. The first-order valence-corrected chi connectivity index (χ1v) is 8.89. The molecule has 0 spiro atoms. The SMILES string of the molecule is CN1CCO[C@@H](CNS(=O)(=O)C2COC2)[C@@H]1c1ccnn1C. The van der Waals surface area contributed by atoms with Crippen LogP contribution in [0.25, 0.3) is 0 Å². The molecule has 8 nitrogen and oxygen atoms in total. The van der Waals surface area contributed by atoms with E-state index in [-0.39, 0.29) is 31.9 Å². The molecule has 1 aromatic rings. The monoisotopic (exact) mass is 330 g/mol. The Morgan fingerprint density at radius 3 is 2.77 bits per heavy atom. The molecule has 2 aliphatic rings. The van der Waals surface area contributed by atoms with Crippen molar-refractivity contribution in [1.82, 2.24) is 19.4 Å². The summed E-state index contributed by atoms with van der Waals surface area (Å²) in [5.74, 6) is 0. The lowest BCUT2D eigenvalue weighted by Gasteiger charge is -2.39. The highest BCUT2D eigenvalue weighted by Crippen LogP contribution is 2.27. The second-order valence-electron chi connectivity index (χ2n) is 5.77. The van der Waals surface area contributed by atoms with Crippen LogP contribution in [0.4, 0.5) is 0 Å². The van der Waals surface area contributed by atoms with E-state index in [2.05, 4.69) is 14.7 Å². The van der Waals surface area contributed by atoms with Gasteiger partial charge in [-0.1, -0.05) is 0 Å². The van der Waals surface area contributed by atoms with Crippen molar-refractivity contribution in [2.45, 2.75) is 17.4 Å². The van der Waals surface area contributed by atoms with Gasteiger partial charge in [0.25, 0.3) is 0 Å². The molecule has 0 radical (unpaired) electrons. The molecule has 2 aliphatic heterocycles.